The predicted molar refractivity (Wildman–Crippen MR) is 77.7 cm³/mol. The first-order valence-corrected chi connectivity index (χ1v) is 6.86. The summed E-state index contributed by atoms with van der Waals surface area (Å²) in [7, 11) is 0. The van der Waals surface area contributed by atoms with Crippen molar-refractivity contribution in [2.75, 3.05) is 0 Å². The lowest BCUT2D eigenvalue weighted by Crippen LogP contribution is -2.13. The summed E-state index contributed by atoms with van der Waals surface area (Å²) in [6, 6.07) is 13.2. The molecule has 0 heterocycles. The van der Waals surface area contributed by atoms with Crippen molar-refractivity contribution < 1.29 is 14.0 Å². The number of rotatable bonds is 2. The van der Waals surface area contributed by atoms with Crippen LogP contribution >= 0.6 is 0 Å². The van der Waals surface area contributed by atoms with Crippen LogP contribution in [0.2, 0.25) is 0 Å². The zero-order valence-corrected chi connectivity index (χ0v) is 11.4. The number of nitrogens with zero attached hydrogens (tertiary/aromatic N) is 1. The number of carbonyl (C=O) groups is 1. The molecule has 0 amide bonds. The Morgan fingerprint density at radius 3 is 2.62 bits per heavy atom. The highest BCUT2D eigenvalue weighted by molar-refractivity contribution is 6.03. The summed E-state index contributed by atoms with van der Waals surface area (Å²) in [5.74, 6) is -0.968. The molecule has 0 unspecified atom stereocenters. The fourth-order valence-corrected chi connectivity index (χ4v) is 2.43. The van der Waals surface area contributed by atoms with Crippen LogP contribution in [0.15, 0.2) is 53.7 Å². The number of halogens is 1. The molecule has 0 saturated carbocycles. The Kier molecular flexibility index (Phi) is 3.77. The lowest BCUT2D eigenvalue weighted by atomic mass is 9.90. The van der Waals surface area contributed by atoms with Crippen LogP contribution in [-0.2, 0) is 11.3 Å². The van der Waals surface area contributed by atoms with Crippen molar-refractivity contribution in [3.8, 4) is 0 Å². The van der Waals surface area contributed by atoms with Gasteiger partial charge in [-0.25, -0.2) is 9.18 Å². The lowest BCUT2D eigenvalue weighted by Gasteiger charge is -2.16. The molecule has 0 atom stereocenters. The smallest absolute Gasteiger partial charge is 0.313 e. The maximum Gasteiger partial charge on any atom is 0.365 e. The Balaban J connectivity index is 1.78. The van der Waals surface area contributed by atoms with Crippen molar-refractivity contribution in [2.24, 2.45) is 5.16 Å². The second kappa shape index (κ2) is 5.87. The van der Waals surface area contributed by atoms with Gasteiger partial charge in [0, 0.05) is 5.56 Å². The largest absolute Gasteiger partial charge is 0.365 e. The fraction of sp³-hybridized carbons (Fsp3) is 0.176. The molecule has 0 bridgehead atoms. The van der Waals surface area contributed by atoms with Crippen molar-refractivity contribution >= 4 is 11.7 Å². The SMILES string of the molecule is O=C(O/N=C1/CCCc2ccccc21)c1ccc(F)cc1. The summed E-state index contributed by atoms with van der Waals surface area (Å²) >= 11 is 0. The number of aryl methyl sites for hydroxylation is 1. The first-order valence-electron chi connectivity index (χ1n) is 6.86. The number of hydrogen-bond acceptors (Lipinski definition) is 3. The predicted octanol–water partition coefficient (Wildman–Crippen LogP) is 3.72. The van der Waals surface area contributed by atoms with E-state index in [-0.39, 0.29) is 11.4 Å². The summed E-state index contributed by atoms with van der Waals surface area (Å²) < 4.78 is 12.8. The summed E-state index contributed by atoms with van der Waals surface area (Å²) in [5, 5.41) is 4.00. The Bertz CT molecular complexity index is 692. The summed E-state index contributed by atoms with van der Waals surface area (Å²) in [4.78, 5) is 16.8. The van der Waals surface area contributed by atoms with Gasteiger partial charge in [-0.2, -0.15) is 0 Å². The molecule has 3 rings (SSSR count). The van der Waals surface area contributed by atoms with Crippen LogP contribution in [0.25, 0.3) is 0 Å². The lowest BCUT2D eigenvalue weighted by molar-refractivity contribution is 0.0515. The summed E-state index contributed by atoms with van der Waals surface area (Å²) in [6.45, 7) is 0. The van der Waals surface area contributed by atoms with Gasteiger partial charge in [-0.05, 0) is 49.1 Å². The third kappa shape index (κ3) is 2.99. The third-order valence-electron chi connectivity index (χ3n) is 3.51. The van der Waals surface area contributed by atoms with Crippen molar-refractivity contribution in [2.45, 2.75) is 19.3 Å². The highest BCUT2D eigenvalue weighted by atomic mass is 19.1. The molecule has 106 valence electrons. The van der Waals surface area contributed by atoms with Crippen LogP contribution in [0.5, 0.6) is 0 Å². The summed E-state index contributed by atoms with van der Waals surface area (Å²) in [5.41, 5.74) is 3.33. The average Bonchev–Trinajstić information content (AvgIpc) is 2.53. The van der Waals surface area contributed by atoms with E-state index in [2.05, 4.69) is 11.2 Å². The number of benzene rings is 2. The van der Waals surface area contributed by atoms with Gasteiger partial charge in [0.25, 0.3) is 0 Å². The van der Waals surface area contributed by atoms with Crippen LogP contribution in [0.4, 0.5) is 4.39 Å². The van der Waals surface area contributed by atoms with E-state index in [9.17, 15) is 9.18 Å². The molecule has 0 aliphatic heterocycles. The zero-order chi connectivity index (χ0) is 14.7. The van der Waals surface area contributed by atoms with Gasteiger partial charge in [-0.3, -0.25) is 0 Å². The van der Waals surface area contributed by atoms with E-state index >= 15 is 0 Å². The molecule has 2 aromatic carbocycles. The van der Waals surface area contributed by atoms with E-state index in [1.165, 1.54) is 29.8 Å². The van der Waals surface area contributed by atoms with Crippen LogP contribution in [0.3, 0.4) is 0 Å². The molecule has 0 aromatic heterocycles. The average molecular weight is 283 g/mol. The minimum Gasteiger partial charge on any atom is -0.313 e. The van der Waals surface area contributed by atoms with Gasteiger partial charge in [0.1, 0.15) is 5.82 Å². The minimum absolute atomic E-state index is 0.282. The first kappa shape index (κ1) is 13.5. The molecule has 0 N–H and O–H groups in total. The third-order valence-corrected chi connectivity index (χ3v) is 3.51. The van der Waals surface area contributed by atoms with Gasteiger partial charge in [0.15, 0.2) is 0 Å². The van der Waals surface area contributed by atoms with Crippen molar-refractivity contribution in [1.29, 1.82) is 0 Å². The highest BCUT2D eigenvalue weighted by Crippen LogP contribution is 2.21. The Morgan fingerprint density at radius 2 is 1.81 bits per heavy atom. The number of oxime groups is 1. The van der Waals surface area contributed by atoms with Gasteiger partial charge in [0.05, 0.1) is 11.3 Å². The van der Waals surface area contributed by atoms with E-state index in [4.69, 9.17) is 4.84 Å². The summed E-state index contributed by atoms with van der Waals surface area (Å²) in [6.07, 6.45) is 2.79. The second-order valence-electron chi connectivity index (χ2n) is 4.93. The van der Waals surface area contributed by atoms with Crippen molar-refractivity contribution in [3.63, 3.8) is 0 Å². The van der Waals surface area contributed by atoms with Gasteiger partial charge in [0.2, 0.25) is 0 Å². The Morgan fingerprint density at radius 1 is 1.05 bits per heavy atom. The quantitative estimate of drug-likeness (QED) is 0.622. The standard InChI is InChI=1S/C17H14FNO2/c18-14-10-8-13(9-11-14)17(20)21-19-16-7-3-5-12-4-1-2-6-15(12)16/h1-2,4,6,8-11H,3,5,7H2/b19-16-. The molecule has 1 aliphatic carbocycles. The van der Waals surface area contributed by atoms with E-state index < -0.39 is 5.97 Å². The van der Waals surface area contributed by atoms with Gasteiger partial charge >= 0.3 is 5.97 Å². The van der Waals surface area contributed by atoms with E-state index in [1.54, 1.807) is 0 Å². The van der Waals surface area contributed by atoms with E-state index in [0.717, 1.165) is 30.5 Å². The Labute approximate surface area is 122 Å². The number of fused-ring (bicyclic) bond motifs is 1. The molecule has 21 heavy (non-hydrogen) atoms. The molecule has 3 nitrogen and oxygen atoms in total. The van der Waals surface area contributed by atoms with Crippen molar-refractivity contribution in [1.82, 2.24) is 0 Å². The van der Waals surface area contributed by atoms with Crippen LogP contribution in [-0.4, -0.2) is 11.7 Å². The number of hydrogen-bond donors (Lipinski definition) is 0. The van der Waals surface area contributed by atoms with Gasteiger partial charge in [-0.15, -0.1) is 0 Å². The number of carbonyl (C=O) groups excluding carboxylic acids is 1. The highest BCUT2D eigenvalue weighted by Gasteiger charge is 2.16. The Hall–Kier alpha value is -2.49. The second-order valence-corrected chi connectivity index (χ2v) is 4.93. The monoisotopic (exact) mass is 283 g/mol. The van der Waals surface area contributed by atoms with Crippen LogP contribution < -0.4 is 0 Å². The molecule has 2 aromatic rings. The molecular weight excluding hydrogens is 269 g/mol. The minimum atomic E-state index is -0.578. The molecule has 4 heteroatoms. The zero-order valence-electron chi connectivity index (χ0n) is 11.4. The van der Waals surface area contributed by atoms with E-state index in [1.807, 2.05) is 18.2 Å². The van der Waals surface area contributed by atoms with E-state index in [0.29, 0.717) is 0 Å². The molecule has 0 radical (unpaired) electrons. The van der Waals surface area contributed by atoms with Gasteiger partial charge < -0.3 is 4.84 Å². The normalized spacial score (nSPS) is 15.6. The molecule has 0 fully saturated rings. The maximum absolute atomic E-state index is 12.8. The molecule has 0 spiro atoms. The molecular formula is C17H14FNO2. The molecule has 1 aliphatic rings. The topological polar surface area (TPSA) is 38.7 Å². The first-order chi connectivity index (χ1) is 10.2. The van der Waals surface area contributed by atoms with Gasteiger partial charge in [-0.1, -0.05) is 29.4 Å². The fourth-order valence-electron chi connectivity index (χ4n) is 2.43. The van der Waals surface area contributed by atoms with Crippen LogP contribution in [0, 0.1) is 5.82 Å². The molecule has 0 saturated heterocycles. The van der Waals surface area contributed by atoms with Crippen LogP contribution in [0.1, 0.15) is 34.3 Å². The van der Waals surface area contributed by atoms with Crippen molar-refractivity contribution in [3.05, 3.63) is 71.0 Å². The maximum atomic E-state index is 12.8.